The SMILES string of the molecule is Cc1c(F)cc(N)cc1S(=O)(=O)Nc1ccncc1. The number of hydrogen-bond acceptors (Lipinski definition) is 4. The van der Waals surface area contributed by atoms with E-state index in [1.54, 1.807) is 0 Å². The highest BCUT2D eigenvalue weighted by Crippen LogP contribution is 2.23. The van der Waals surface area contributed by atoms with Crippen LogP contribution < -0.4 is 10.5 Å². The van der Waals surface area contributed by atoms with Crippen molar-refractivity contribution in [1.29, 1.82) is 0 Å². The molecule has 0 unspecified atom stereocenters. The molecule has 0 radical (unpaired) electrons. The average molecular weight is 281 g/mol. The molecule has 0 saturated heterocycles. The number of nitrogen functional groups attached to an aromatic ring is 1. The normalized spacial score (nSPS) is 11.3. The molecule has 0 atom stereocenters. The molecule has 0 saturated carbocycles. The first kappa shape index (κ1) is 13.3. The first-order valence-corrected chi connectivity index (χ1v) is 6.87. The van der Waals surface area contributed by atoms with Gasteiger partial charge >= 0.3 is 0 Å². The molecule has 2 rings (SSSR count). The zero-order chi connectivity index (χ0) is 14.0. The molecule has 19 heavy (non-hydrogen) atoms. The number of nitrogens with zero attached hydrogens (tertiary/aromatic N) is 1. The van der Waals surface area contributed by atoms with Crippen LogP contribution in [0.5, 0.6) is 0 Å². The van der Waals surface area contributed by atoms with E-state index >= 15 is 0 Å². The molecule has 0 amide bonds. The fourth-order valence-corrected chi connectivity index (χ4v) is 2.93. The topological polar surface area (TPSA) is 85.1 Å². The molecule has 7 heteroatoms. The lowest BCUT2D eigenvalue weighted by atomic mass is 10.2. The van der Waals surface area contributed by atoms with E-state index in [9.17, 15) is 12.8 Å². The summed E-state index contributed by atoms with van der Waals surface area (Å²) in [6.45, 7) is 1.38. The van der Waals surface area contributed by atoms with E-state index in [-0.39, 0.29) is 16.1 Å². The third-order valence-electron chi connectivity index (χ3n) is 2.54. The molecule has 100 valence electrons. The summed E-state index contributed by atoms with van der Waals surface area (Å²) in [6, 6.07) is 5.30. The average Bonchev–Trinajstić information content (AvgIpc) is 2.34. The van der Waals surface area contributed by atoms with Gasteiger partial charge in [-0.15, -0.1) is 0 Å². The number of benzene rings is 1. The van der Waals surface area contributed by atoms with Crippen LogP contribution in [0.3, 0.4) is 0 Å². The number of nitrogens with two attached hydrogens (primary N) is 1. The van der Waals surface area contributed by atoms with Crippen LogP contribution in [0.1, 0.15) is 5.56 Å². The molecule has 0 spiro atoms. The monoisotopic (exact) mass is 281 g/mol. The second kappa shape index (κ2) is 4.85. The van der Waals surface area contributed by atoms with E-state index in [0.717, 1.165) is 6.07 Å². The highest BCUT2D eigenvalue weighted by molar-refractivity contribution is 7.92. The van der Waals surface area contributed by atoms with E-state index in [4.69, 9.17) is 5.73 Å². The van der Waals surface area contributed by atoms with Crippen LogP contribution in [0.2, 0.25) is 0 Å². The van der Waals surface area contributed by atoms with E-state index < -0.39 is 15.8 Å². The lowest BCUT2D eigenvalue weighted by Crippen LogP contribution is -2.15. The van der Waals surface area contributed by atoms with Gasteiger partial charge in [0.1, 0.15) is 5.82 Å². The van der Waals surface area contributed by atoms with Crippen LogP contribution in [-0.4, -0.2) is 13.4 Å². The minimum absolute atomic E-state index is 0.0238. The summed E-state index contributed by atoms with van der Waals surface area (Å²) in [5.74, 6) is -0.657. The van der Waals surface area contributed by atoms with Gasteiger partial charge in [0.2, 0.25) is 0 Å². The van der Waals surface area contributed by atoms with Crippen LogP contribution in [0.25, 0.3) is 0 Å². The molecule has 3 N–H and O–H groups in total. The first-order valence-electron chi connectivity index (χ1n) is 5.38. The van der Waals surface area contributed by atoms with Crippen molar-refractivity contribution in [3.8, 4) is 0 Å². The molecule has 2 aromatic rings. The van der Waals surface area contributed by atoms with Crippen LogP contribution in [0.4, 0.5) is 15.8 Å². The van der Waals surface area contributed by atoms with E-state index in [1.807, 2.05) is 0 Å². The Hall–Kier alpha value is -2.15. The van der Waals surface area contributed by atoms with Crippen molar-refractivity contribution in [1.82, 2.24) is 4.98 Å². The summed E-state index contributed by atoms with van der Waals surface area (Å²) in [6.07, 6.45) is 2.90. The Morgan fingerprint density at radius 1 is 1.26 bits per heavy atom. The third-order valence-corrected chi connectivity index (χ3v) is 4.05. The number of sulfonamides is 1. The van der Waals surface area contributed by atoms with Gasteiger partial charge in [-0.3, -0.25) is 9.71 Å². The number of nitrogens with one attached hydrogen (secondary N) is 1. The second-order valence-electron chi connectivity index (χ2n) is 3.97. The lowest BCUT2D eigenvalue weighted by Gasteiger charge is -2.11. The standard InChI is InChI=1S/C12H12FN3O2S/c1-8-11(13)6-9(14)7-12(8)19(17,18)16-10-2-4-15-5-3-10/h2-7H,14H2,1H3,(H,15,16). The molecular weight excluding hydrogens is 269 g/mol. The lowest BCUT2D eigenvalue weighted by molar-refractivity contribution is 0.591. The fourth-order valence-electron chi connectivity index (χ4n) is 1.58. The quantitative estimate of drug-likeness (QED) is 0.842. The highest BCUT2D eigenvalue weighted by Gasteiger charge is 2.19. The Morgan fingerprint density at radius 2 is 1.89 bits per heavy atom. The largest absolute Gasteiger partial charge is 0.399 e. The molecule has 0 aliphatic heterocycles. The summed E-state index contributed by atoms with van der Waals surface area (Å²) < 4.78 is 40.2. The van der Waals surface area contributed by atoms with Crippen LogP contribution >= 0.6 is 0 Å². The summed E-state index contributed by atoms with van der Waals surface area (Å²) in [7, 11) is -3.89. The van der Waals surface area contributed by atoms with Crippen molar-refractivity contribution in [2.24, 2.45) is 0 Å². The maximum atomic E-state index is 13.5. The first-order chi connectivity index (χ1) is 8.90. The van der Waals surface area contributed by atoms with Crippen molar-refractivity contribution >= 4 is 21.4 Å². The van der Waals surface area contributed by atoms with Gasteiger partial charge in [-0.25, -0.2) is 12.8 Å². The van der Waals surface area contributed by atoms with Crippen molar-refractivity contribution in [2.45, 2.75) is 11.8 Å². The molecule has 0 aliphatic carbocycles. The minimum atomic E-state index is -3.89. The fraction of sp³-hybridized carbons (Fsp3) is 0.0833. The van der Waals surface area contributed by atoms with Crippen LogP contribution in [0.15, 0.2) is 41.6 Å². The van der Waals surface area contributed by atoms with Gasteiger partial charge in [-0.05, 0) is 31.2 Å². The molecule has 1 aromatic heterocycles. The maximum absolute atomic E-state index is 13.5. The molecule has 1 heterocycles. The number of aromatic nitrogens is 1. The summed E-state index contributed by atoms with van der Waals surface area (Å²) >= 11 is 0. The van der Waals surface area contributed by atoms with Crippen LogP contribution in [-0.2, 0) is 10.0 Å². The predicted molar refractivity (Wildman–Crippen MR) is 70.6 cm³/mol. The minimum Gasteiger partial charge on any atom is -0.399 e. The predicted octanol–water partition coefficient (Wildman–Crippen LogP) is 1.91. The van der Waals surface area contributed by atoms with Crippen molar-refractivity contribution < 1.29 is 12.8 Å². The molecule has 0 fully saturated rings. The number of pyridine rings is 1. The van der Waals surface area contributed by atoms with Gasteiger partial charge in [0.05, 0.1) is 10.6 Å². The van der Waals surface area contributed by atoms with Crippen molar-refractivity contribution in [2.75, 3.05) is 10.5 Å². The maximum Gasteiger partial charge on any atom is 0.262 e. The molecule has 5 nitrogen and oxygen atoms in total. The molecule has 0 aliphatic rings. The van der Waals surface area contributed by atoms with Gasteiger partial charge in [0, 0.05) is 23.6 Å². The molecule has 1 aromatic carbocycles. The smallest absolute Gasteiger partial charge is 0.262 e. The Bertz CT molecular complexity index is 702. The van der Waals surface area contributed by atoms with Crippen molar-refractivity contribution in [3.63, 3.8) is 0 Å². The van der Waals surface area contributed by atoms with E-state index in [0.29, 0.717) is 5.69 Å². The van der Waals surface area contributed by atoms with Gasteiger partial charge < -0.3 is 5.73 Å². The van der Waals surface area contributed by atoms with Crippen molar-refractivity contribution in [3.05, 3.63) is 48.0 Å². The zero-order valence-corrected chi connectivity index (χ0v) is 10.9. The third kappa shape index (κ3) is 2.82. The Labute approximate surface area is 110 Å². The second-order valence-corrected chi connectivity index (χ2v) is 5.62. The van der Waals surface area contributed by atoms with Gasteiger partial charge in [0.25, 0.3) is 10.0 Å². The van der Waals surface area contributed by atoms with E-state index in [2.05, 4.69) is 9.71 Å². The zero-order valence-electron chi connectivity index (χ0n) is 10.1. The number of rotatable bonds is 3. The van der Waals surface area contributed by atoms with Gasteiger partial charge in [-0.1, -0.05) is 0 Å². The van der Waals surface area contributed by atoms with Gasteiger partial charge in [-0.2, -0.15) is 0 Å². The Kier molecular flexibility index (Phi) is 3.39. The highest BCUT2D eigenvalue weighted by atomic mass is 32.2. The van der Waals surface area contributed by atoms with E-state index in [1.165, 1.54) is 37.5 Å². The number of halogens is 1. The summed E-state index contributed by atoms with van der Waals surface area (Å²) in [5, 5.41) is 0. The summed E-state index contributed by atoms with van der Waals surface area (Å²) in [4.78, 5) is 3.60. The number of anilines is 2. The molecule has 0 bridgehead atoms. The number of hydrogen-bond donors (Lipinski definition) is 2. The van der Waals surface area contributed by atoms with Crippen LogP contribution in [0, 0.1) is 12.7 Å². The van der Waals surface area contributed by atoms with Gasteiger partial charge in [0.15, 0.2) is 0 Å². The Morgan fingerprint density at radius 3 is 2.53 bits per heavy atom. The Balaban J connectivity index is 2.46. The molecular formula is C12H12FN3O2S. The summed E-state index contributed by atoms with van der Waals surface area (Å²) in [5.41, 5.74) is 5.90.